The number of aliphatic hydroxyl groups excluding tert-OH is 2. The number of nitrogens with zero attached hydrogens (tertiary/aromatic N) is 1. The molecule has 2 unspecified atom stereocenters. The third-order valence-corrected chi connectivity index (χ3v) is 9.02. The summed E-state index contributed by atoms with van der Waals surface area (Å²) >= 11 is 1.74. The summed E-state index contributed by atoms with van der Waals surface area (Å²) in [5.74, 6) is 1.62. The average Bonchev–Trinajstić information content (AvgIpc) is 3.28. The molecule has 3 nitrogen and oxygen atoms in total. The first-order chi connectivity index (χ1) is 16.5. The molecule has 2 saturated carbocycles. The molecule has 4 atom stereocenters. The van der Waals surface area contributed by atoms with Crippen molar-refractivity contribution >= 4 is 21.4 Å². The van der Waals surface area contributed by atoms with Gasteiger partial charge in [0.05, 0.1) is 12.2 Å². The van der Waals surface area contributed by atoms with E-state index in [4.69, 9.17) is 0 Å². The van der Waals surface area contributed by atoms with Gasteiger partial charge in [0.25, 0.3) is 0 Å². The summed E-state index contributed by atoms with van der Waals surface area (Å²) in [6, 6.07) is 15.8. The number of thiophene rings is 1. The zero-order valence-electron chi connectivity index (χ0n) is 21.2. The number of hydrogen-bond donors (Lipinski definition) is 2. The standard InChI is InChI=1S/C16H30O2.C14H10NS.Ir/c1-3-5-12-9-7-11-8-10-13(6-4-2)16(18)14(11)15(12)17;1-10-6-7-12(15-9-10)14-8-11-4-2-3-5-13(11)16-14;/h11-18H,3-10H2,1-2H3;2-7,9H,1H3;/q;-1;/t11?,12-,13-,14?,15?,16?;;/m0../s1. The van der Waals surface area contributed by atoms with Gasteiger partial charge in [-0.3, -0.25) is 0 Å². The molecule has 0 amide bonds. The number of aryl methyl sites for hydroxylation is 1. The molecule has 1 radical (unpaired) electrons. The Morgan fingerprint density at radius 3 is 2.09 bits per heavy atom. The molecule has 0 aliphatic heterocycles. The summed E-state index contributed by atoms with van der Waals surface area (Å²) in [6.07, 6.45) is 10.7. The van der Waals surface area contributed by atoms with Crippen molar-refractivity contribution in [3.05, 3.63) is 54.2 Å². The minimum absolute atomic E-state index is 0. The van der Waals surface area contributed by atoms with E-state index in [9.17, 15) is 10.2 Å². The van der Waals surface area contributed by atoms with Crippen LogP contribution in [0.1, 0.15) is 70.8 Å². The van der Waals surface area contributed by atoms with Crippen molar-refractivity contribution in [3.8, 4) is 10.6 Å². The third-order valence-electron chi connectivity index (χ3n) is 7.93. The van der Waals surface area contributed by atoms with Gasteiger partial charge in [0.2, 0.25) is 0 Å². The van der Waals surface area contributed by atoms with E-state index in [0.29, 0.717) is 17.8 Å². The molecule has 5 rings (SSSR count). The van der Waals surface area contributed by atoms with Gasteiger partial charge >= 0.3 is 0 Å². The van der Waals surface area contributed by atoms with Crippen LogP contribution in [0.25, 0.3) is 20.7 Å². The molecule has 2 heterocycles. The predicted octanol–water partition coefficient (Wildman–Crippen LogP) is 7.43. The Morgan fingerprint density at radius 1 is 0.914 bits per heavy atom. The number of aliphatic hydroxyl groups is 2. The molecule has 193 valence electrons. The van der Waals surface area contributed by atoms with Crippen molar-refractivity contribution in [2.24, 2.45) is 23.7 Å². The molecule has 0 saturated heterocycles. The molecule has 2 aromatic heterocycles. The van der Waals surface area contributed by atoms with E-state index < -0.39 is 0 Å². The second kappa shape index (κ2) is 13.4. The quantitative estimate of drug-likeness (QED) is 0.278. The normalized spacial score (nSPS) is 27.9. The Bertz CT molecular complexity index is 979. The van der Waals surface area contributed by atoms with Crippen LogP contribution in [0.2, 0.25) is 0 Å². The van der Waals surface area contributed by atoms with Crippen molar-refractivity contribution in [1.29, 1.82) is 0 Å². The average molecular weight is 671 g/mol. The largest absolute Gasteiger partial charge is 0.392 e. The van der Waals surface area contributed by atoms with Crippen LogP contribution in [-0.4, -0.2) is 27.4 Å². The van der Waals surface area contributed by atoms with Gasteiger partial charge in [-0.2, -0.15) is 0 Å². The van der Waals surface area contributed by atoms with Crippen LogP contribution < -0.4 is 0 Å². The van der Waals surface area contributed by atoms with E-state index in [-0.39, 0.29) is 38.2 Å². The minimum atomic E-state index is -0.252. The van der Waals surface area contributed by atoms with Gasteiger partial charge in [0.15, 0.2) is 0 Å². The Hall–Kier alpha value is -1.10. The summed E-state index contributed by atoms with van der Waals surface area (Å²) in [5.41, 5.74) is 2.19. The molecule has 0 bridgehead atoms. The SMILES string of the molecule is CCC[C@H]1CCC2CC[C@H](CCC)C(O)C2C1O.Cc1ccc(-c2[c-]c3ccccc3s2)nc1.[Ir]. The third kappa shape index (κ3) is 6.81. The molecule has 2 aliphatic carbocycles. The Labute approximate surface area is 228 Å². The fourth-order valence-corrected chi connectivity index (χ4v) is 7.10. The maximum absolute atomic E-state index is 10.6. The number of fused-ring (bicyclic) bond motifs is 2. The first-order valence-corrected chi connectivity index (χ1v) is 14.0. The molecular formula is C30H40IrNO2S-. The minimum Gasteiger partial charge on any atom is -0.392 e. The van der Waals surface area contributed by atoms with Crippen molar-refractivity contribution < 1.29 is 30.3 Å². The van der Waals surface area contributed by atoms with Crippen LogP contribution >= 0.6 is 11.3 Å². The Morgan fingerprint density at radius 2 is 1.54 bits per heavy atom. The topological polar surface area (TPSA) is 53.4 Å². The van der Waals surface area contributed by atoms with E-state index in [1.165, 1.54) is 41.3 Å². The van der Waals surface area contributed by atoms with E-state index in [0.717, 1.165) is 36.3 Å². The number of benzene rings is 1. The van der Waals surface area contributed by atoms with Gasteiger partial charge in [0, 0.05) is 37.9 Å². The summed E-state index contributed by atoms with van der Waals surface area (Å²) in [4.78, 5) is 5.54. The zero-order valence-corrected chi connectivity index (χ0v) is 24.5. The van der Waals surface area contributed by atoms with Gasteiger partial charge in [-0.15, -0.1) is 23.6 Å². The Kier molecular flexibility index (Phi) is 10.9. The van der Waals surface area contributed by atoms with Gasteiger partial charge in [-0.1, -0.05) is 51.0 Å². The van der Waals surface area contributed by atoms with Crippen molar-refractivity contribution in [2.75, 3.05) is 0 Å². The van der Waals surface area contributed by atoms with Gasteiger partial charge in [-0.25, -0.2) is 11.3 Å². The van der Waals surface area contributed by atoms with Crippen molar-refractivity contribution in [2.45, 2.75) is 84.3 Å². The second-order valence-electron chi connectivity index (χ2n) is 10.3. The number of pyridine rings is 1. The molecule has 35 heavy (non-hydrogen) atoms. The van der Waals surface area contributed by atoms with Crippen LogP contribution in [0.5, 0.6) is 0 Å². The van der Waals surface area contributed by atoms with E-state index >= 15 is 0 Å². The number of rotatable bonds is 5. The first kappa shape index (κ1) is 28.5. The molecule has 2 aliphatic rings. The van der Waals surface area contributed by atoms with Crippen LogP contribution in [0.4, 0.5) is 0 Å². The van der Waals surface area contributed by atoms with Crippen molar-refractivity contribution in [3.63, 3.8) is 0 Å². The van der Waals surface area contributed by atoms with Crippen LogP contribution in [-0.2, 0) is 20.1 Å². The summed E-state index contributed by atoms with van der Waals surface area (Å²) in [7, 11) is 0. The summed E-state index contributed by atoms with van der Waals surface area (Å²) in [6.45, 7) is 6.43. The van der Waals surface area contributed by atoms with E-state index in [2.05, 4.69) is 55.2 Å². The fraction of sp³-hybridized carbons (Fsp3) is 0.567. The summed E-state index contributed by atoms with van der Waals surface area (Å²) in [5, 5.41) is 22.4. The molecule has 2 N–H and O–H groups in total. The predicted molar refractivity (Wildman–Crippen MR) is 143 cm³/mol. The molecule has 0 spiro atoms. The molecule has 5 heteroatoms. The molecule has 1 aromatic carbocycles. The van der Waals surface area contributed by atoms with E-state index in [1.807, 2.05) is 19.2 Å². The molecule has 3 aromatic rings. The smallest absolute Gasteiger partial charge is 0.0623 e. The van der Waals surface area contributed by atoms with Crippen LogP contribution in [0, 0.1) is 36.7 Å². The molecular weight excluding hydrogens is 631 g/mol. The van der Waals surface area contributed by atoms with Crippen molar-refractivity contribution in [1.82, 2.24) is 4.98 Å². The summed E-state index contributed by atoms with van der Waals surface area (Å²) < 4.78 is 1.26. The van der Waals surface area contributed by atoms with Gasteiger partial charge in [-0.05, 0) is 78.3 Å². The Balaban J connectivity index is 0.000000191. The van der Waals surface area contributed by atoms with E-state index in [1.54, 1.807) is 11.3 Å². The van der Waals surface area contributed by atoms with Crippen LogP contribution in [0.3, 0.4) is 0 Å². The monoisotopic (exact) mass is 671 g/mol. The second-order valence-corrected chi connectivity index (χ2v) is 11.4. The van der Waals surface area contributed by atoms with Crippen LogP contribution in [0.15, 0.2) is 42.6 Å². The number of aromatic nitrogens is 1. The first-order valence-electron chi connectivity index (χ1n) is 13.2. The zero-order chi connectivity index (χ0) is 24.1. The van der Waals surface area contributed by atoms with Gasteiger partial charge < -0.3 is 15.2 Å². The fourth-order valence-electron chi connectivity index (χ4n) is 6.12. The maximum atomic E-state index is 10.6. The number of hydrogen-bond acceptors (Lipinski definition) is 4. The van der Waals surface area contributed by atoms with Gasteiger partial charge in [0.1, 0.15) is 0 Å². The molecule has 2 fully saturated rings. The maximum Gasteiger partial charge on any atom is 0.0623 e.